The number of carbonyl (C=O) groups is 1. The van der Waals surface area contributed by atoms with E-state index in [9.17, 15) is 4.79 Å². The number of amides is 1. The molecule has 2 saturated carbocycles. The number of rotatable bonds is 5. The van der Waals surface area contributed by atoms with Crippen LogP contribution < -0.4 is 11.1 Å². The van der Waals surface area contributed by atoms with Crippen molar-refractivity contribution >= 4 is 5.91 Å². The molecule has 2 aliphatic carbocycles. The van der Waals surface area contributed by atoms with Crippen molar-refractivity contribution in [1.29, 1.82) is 0 Å². The van der Waals surface area contributed by atoms with Crippen molar-refractivity contribution in [1.82, 2.24) is 5.32 Å². The predicted molar refractivity (Wildman–Crippen MR) is 74.1 cm³/mol. The van der Waals surface area contributed by atoms with Crippen LogP contribution >= 0.6 is 0 Å². The summed E-state index contributed by atoms with van der Waals surface area (Å²) < 4.78 is 0. The Morgan fingerprint density at radius 3 is 2.50 bits per heavy atom. The average Bonchev–Trinajstić information content (AvgIpc) is 2.87. The fourth-order valence-corrected chi connectivity index (χ4v) is 3.50. The smallest absolute Gasteiger partial charge is 0.220 e. The molecule has 0 heterocycles. The van der Waals surface area contributed by atoms with Crippen molar-refractivity contribution in [2.45, 2.75) is 70.3 Å². The van der Waals surface area contributed by atoms with Gasteiger partial charge in [0, 0.05) is 19.0 Å². The molecule has 18 heavy (non-hydrogen) atoms. The van der Waals surface area contributed by atoms with Crippen LogP contribution in [0.5, 0.6) is 0 Å². The van der Waals surface area contributed by atoms with E-state index in [1.165, 1.54) is 38.5 Å². The molecule has 104 valence electrons. The predicted octanol–water partition coefficient (Wildman–Crippen LogP) is 2.59. The van der Waals surface area contributed by atoms with Crippen molar-refractivity contribution in [3.8, 4) is 0 Å². The number of nitrogens with two attached hydrogens (primary N) is 1. The molecular weight excluding hydrogens is 224 g/mol. The van der Waals surface area contributed by atoms with Gasteiger partial charge in [-0.25, -0.2) is 0 Å². The van der Waals surface area contributed by atoms with Gasteiger partial charge in [-0.2, -0.15) is 0 Å². The Hall–Kier alpha value is -0.570. The number of nitrogens with one attached hydrogen (secondary N) is 1. The molecule has 0 saturated heterocycles. The average molecular weight is 252 g/mol. The van der Waals surface area contributed by atoms with Crippen molar-refractivity contribution in [3.63, 3.8) is 0 Å². The van der Waals surface area contributed by atoms with Gasteiger partial charge in [0.1, 0.15) is 0 Å². The van der Waals surface area contributed by atoms with Crippen LogP contribution in [-0.4, -0.2) is 18.5 Å². The van der Waals surface area contributed by atoms with Gasteiger partial charge in [-0.3, -0.25) is 4.79 Å². The molecule has 0 aromatic heterocycles. The highest BCUT2D eigenvalue weighted by molar-refractivity contribution is 5.75. The minimum atomic E-state index is 0.251. The van der Waals surface area contributed by atoms with Gasteiger partial charge in [0.25, 0.3) is 0 Å². The standard InChI is InChI=1S/C15H28N2O/c16-14-7-3-6-13(10-14)11-17-15(18)9-8-12-4-1-2-5-12/h12-14H,1-11,16H2,(H,17,18). The van der Waals surface area contributed by atoms with Crippen LogP contribution in [0.1, 0.15) is 64.2 Å². The molecule has 2 fully saturated rings. The first-order chi connectivity index (χ1) is 8.74. The third-order valence-corrected chi connectivity index (χ3v) is 4.67. The second-order valence-electron chi connectivity index (χ2n) is 6.29. The fraction of sp³-hybridized carbons (Fsp3) is 0.933. The largest absolute Gasteiger partial charge is 0.356 e. The highest BCUT2D eigenvalue weighted by Gasteiger charge is 2.20. The molecule has 0 aromatic rings. The normalized spacial score (nSPS) is 29.4. The van der Waals surface area contributed by atoms with Gasteiger partial charge in [-0.05, 0) is 37.5 Å². The number of hydrogen-bond acceptors (Lipinski definition) is 2. The van der Waals surface area contributed by atoms with E-state index in [1.807, 2.05) is 0 Å². The maximum atomic E-state index is 11.8. The zero-order chi connectivity index (χ0) is 12.8. The van der Waals surface area contributed by atoms with Gasteiger partial charge in [0.05, 0.1) is 0 Å². The quantitative estimate of drug-likeness (QED) is 0.790. The lowest BCUT2D eigenvalue weighted by molar-refractivity contribution is -0.121. The molecule has 0 spiro atoms. The highest BCUT2D eigenvalue weighted by Crippen LogP contribution is 2.28. The van der Waals surface area contributed by atoms with Crippen molar-refractivity contribution in [2.24, 2.45) is 17.6 Å². The molecule has 0 radical (unpaired) electrons. The molecule has 2 atom stereocenters. The molecule has 3 nitrogen and oxygen atoms in total. The summed E-state index contributed by atoms with van der Waals surface area (Å²) in [5.41, 5.74) is 5.96. The van der Waals surface area contributed by atoms with Crippen LogP contribution in [0.3, 0.4) is 0 Å². The second kappa shape index (κ2) is 7.13. The Morgan fingerprint density at radius 2 is 1.78 bits per heavy atom. The van der Waals surface area contributed by atoms with Gasteiger partial charge in [-0.1, -0.05) is 32.1 Å². The Morgan fingerprint density at radius 1 is 1.06 bits per heavy atom. The zero-order valence-electron chi connectivity index (χ0n) is 11.5. The summed E-state index contributed by atoms with van der Waals surface area (Å²) >= 11 is 0. The number of carbonyl (C=O) groups excluding carboxylic acids is 1. The van der Waals surface area contributed by atoms with E-state index in [4.69, 9.17) is 5.73 Å². The summed E-state index contributed by atoms with van der Waals surface area (Å²) in [4.78, 5) is 11.8. The zero-order valence-corrected chi connectivity index (χ0v) is 11.5. The maximum absolute atomic E-state index is 11.8. The first kappa shape index (κ1) is 13.9. The second-order valence-corrected chi connectivity index (χ2v) is 6.29. The van der Waals surface area contributed by atoms with E-state index < -0.39 is 0 Å². The SMILES string of the molecule is NC1CCCC(CNC(=O)CCC2CCCC2)C1. The third kappa shape index (κ3) is 4.60. The first-order valence-electron chi connectivity index (χ1n) is 7.76. The van der Waals surface area contributed by atoms with Crippen molar-refractivity contribution in [3.05, 3.63) is 0 Å². The Balaban J connectivity index is 1.56. The third-order valence-electron chi connectivity index (χ3n) is 4.67. The summed E-state index contributed by atoms with van der Waals surface area (Å²) in [5, 5.41) is 3.10. The molecule has 0 aliphatic heterocycles. The van der Waals surface area contributed by atoms with Crippen LogP contribution in [0.4, 0.5) is 0 Å². The van der Waals surface area contributed by atoms with Gasteiger partial charge >= 0.3 is 0 Å². The monoisotopic (exact) mass is 252 g/mol. The van der Waals surface area contributed by atoms with E-state index in [0.29, 0.717) is 12.0 Å². The minimum Gasteiger partial charge on any atom is -0.356 e. The van der Waals surface area contributed by atoms with E-state index in [1.54, 1.807) is 0 Å². The molecule has 3 N–H and O–H groups in total. The summed E-state index contributed by atoms with van der Waals surface area (Å²) in [5.74, 6) is 1.68. The van der Waals surface area contributed by atoms with E-state index in [2.05, 4.69) is 5.32 Å². The van der Waals surface area contributed by atoms with Crippen LogP contribution in [0.25, 0.3) is 0 Å². The lowest BCUT2D eigenvalue weighted by atomic mass is 9.86. The van der Waals surface area contributed by atoms with E-state index >= 15 is 0 Å². The lowest BCUT2D eigenvalue weighted by Crippen LogP contribution is -2.35. The summed E-state index contributed by atoms with van der Waals surface area (Å²) in [6, 6.07) is 0.360. The molecular formula is C15H28N2O. The molecule has 0 bridgehead atoms. The van der Waals surface area contributed by atoms with Crippen LogP contribution in [0.15, 0.2) is 0 Å². The summed E-state index contributed by atoms with van der Waals surface area (Å²) in [7, 11) is 0. The Bertz CT molecular complexity index is 261. The van der Waals surface area contributed by atoms with Crippen molar-refractivity contribution in [2.75, 3.05) is 6.54 Å². The molecule has 0 aromatic carbocycles. The van der Waals surface area contributed by atoms with E-state index in [0.717, 1.165) is 38.1 Å². The first-order valence-corrected chi connectivity index (χ1v) is 7.76. The van der Waals surface area contributed by atoms with Gasteiger partial charge in [0.2, 0.25) is 5.91 Å². The lowest BCUT2D eigenvalue weighted by Gasteiger charge is -2.26. The Kier molecular flexibility index (Phi) is 5.48. The Labute approximate surface area is 111 Å². The molecule has 2 unspecified atom stereocenters. The maximum Gasteiger partial charge on any atom is 0.220 e. The van der Waals surface area contributed by atoms with Crippen LogP contribution in [0.2, 0.25) is 0 Å². The molecule has 2 aliphatic rings. The number of hydrogen-bond donors (Lipinski definition) is 2. The van der Waals surface area contributed by atoms with Gasteiger partial charge in [0.15, 0.2) is 0 Å². The van der Waals surface area contributed by atoms with Gasteiger partial charge < -0.3 is 11.1 Å². The fourth-order valence-electron chi connectivity index (χ4n) is 3.50. The van der Waals surface area contributed by atoms with Crippen LogP contribution in [-0.2, 0) is 4.79 Å². The van der Waals surface area contributed by atoms with E-state index in [-0.39, 0.29) is 5.91 Å². The van der Waals surface area contributed by atoms with Gasteiger partial charge in [-0.15, -0.1) is 0 Å². The molecule has 1 amide bonds. The van der Waals surface area contributed by atoms with Crippen molar-refractivity contribution < 1.29 is 4.79 Å². The molecule has 3 heteroatoms. The van der Waals surface area contributed by atoms with Crippen LogP contribution in [0, 0.1) is 11.8 Å². The topological polar surface area (TPSA) is 55.1 Å². The summed E-state index contributed by atoms with van der Waals surface area (Å²) in [6.07, 6.45) is 11.9. The molecule has 2 rings (SSSR count). The highest BCUT2D eigenvalue weighted by atomic mass is 16.1. The minimum absolute atomic E-state index is 0.251. The summed E-state index contributed by atoms with van der Waals surface area (Å²) in [6.45, 7) is 0.844.